The fraction of sp³-hybridized carbons (Fsp3) is 0. The van der Waals surface area contributed by atoms with Crippen LogP contribution in [0.4, 0.5) is 0 Å². The highest BCUT2D eigenvalue weighted by Crippen LogP contribution is 2.51. The van der Waals surface area contributed by atoms with Crippen LogP contribution in [0.25, 0.3) is 82.4 Å². The first-order valence-electron chi connectivity index (χ1n) is 17.9. The molecule has 0 fully saturated rings. The number of hydrogen-bond donors (Lipinski definition) is 0. The van der Waals surface area contributed by atoms with Gasteiger partial charge in [-0.3, -0.25) is 0 Å². The van der Waals surface area contributed by atoms with Crippen LogP contribution in [-0.4, -0.2) is 4.57 Å². The molecule has 0 unspecified atom stereocenters. The lowest BCUT2D eigenvalue weighted by molar-refractivity contribution is 1.19. The SMILES string of the molecule is [2H]c1c([2H])c([2H])c(-c2ccc3c4c(cccc24)-c2cc(-c4cccc5c6ccc7ccccc7c6n(-c6ccccc6)c45)ccc2S3)c([2H])c1[2H]. The first-order chi connectivity index (χ1) is 24.9. The van der Waals surface area contributed by atoms with Crippen LogP contribution in [0, 0.1) is 0 Å². The summed E-state index contributed by atoms with van der Waals surface area (Å²) in [6.07, 6.45) is 0. The van der Waals surface area contributed by atoms with Crippen molar-refractivity contribution < 1.29 is 6.85 Å². The third-order valence-corrected chi connectivity index (χ3v) is 10.4. The normalized spacial score (nSPS) is 13.8. The summed E-state index contributed by atoms with van der Waals surface area (Å²) in [7, 11) is 0. The van der Waals surface area contributed by atoms with E-state index in [1.54, 1.807) is 11.8 Å². The van der Waals surface area contributed by atoms with E-state index >= 15 is 0 Å². The van der Waals surface area contributed by atoms with Gasteiger partial charge in [-0.2, -0.15) is 0 Å². The van der Waals surface area contributed by atoms with Gasteiger partial charge in [-0.15, -0.1) is 0 Å². The standard InChI is InChI=1S/C44H27NS/c1-3-11-28(12-4-1)32-24-26-41-42-35(32)18-10-19-36(42)39-27-30(22-25-40(39)46-41)34-17-9-20-37-38-23-21-29-13-7-8-16-33(29)43(38)45(44(34)37)31-14-5-2-6-15-31/h1-27H/i1D,3D,4D,11D,12D. The van der Waals surface area contributed by atoms with Crippen LogP contribution in [0.5, 0.6) is 0 Å². The minimum absolute atomic E-state index is 0.192. The molecule has 0 amide bonds. The van der Waals surface area contributed by atoms with Gasteiger partial charge in [-0.25, -0.2) is 0 Å². The van der Waals surface area contributed by atoms with Crippen molar-refractivity contribution in [3.05, 3.63) is 164 Å². The molecule has 2 heteroatoms. The fourth-order valence-electron chi connectivity index (χ4n) is 7.30. The van der Waals surface area contributed by atoms with E-state index in [0.29, 0.717) is 5.56 Å². The molecule has 1 nitrogen and oxygen atoms in total. The molecule has 0 spiro atoms. The van der Waals surface area contributed by atoms with Crippen molar-refractivity contribution >= 4 is 55.1 Å². The number of rotatable bonds is 3. The largest absolute Gasteiger partial charge is 0.308 e. The summed E-state index contributed by atoms with van der Waals surface area (Å²) >= 11 is 1.71. The van der Waals surface area contributed by atoms with E-state index in [1.165, 1.54) is 27.1 Å². The van der Waals surface area contributed by atoms with Gasteiger partial charge in [-0.05, 0) is 68.9 Å². The maximum atomic E-state index is 8.71. The summed E-state index contributed by atoms with van der Waals surface area (Å²) in [6, 6.07) is 45.6. The molecular formula is C44H27NS. The molecule has 9 aromatic rings. The average molecular weight is 607 g/mol. The summed E-state index contributed by atoms with van der Waals surface area (Å²) < 4.78 is 44.6. The van der Waals surface area contributed by atoms with Crippen molar-refractivity contribution in [3.8, 4) is 39.1 Å². The van der Waals surface area contributed by atoms with Crippen molar-refractivity contribution in [1.29, 1.82) is 0 Å². The monoisotopic (exact) mass is 606 g/mol. The smallest absolute Gasteiger partial charge is 0.0629 e. The van der Waals surface area contributed by atoms with E-state index in [0.717, 1.165) is 54.0 Å². The van der Waals surface area contributed by atoms with Crippen molar-refractivity contribution in [2.75, 3.05) is 0 Å². The van der Waals surface area contributed by atoms with Gasteiger partial charge in [-0.1, -0.05) is 145 Å². The van der Waals surface area contributed by atoms with Crippen LogP contribution >= 0.6 is 11.8 Å². The Morgan fingerprint density at radius 3 is 2.09 bits per heavy atom. The Hall–Kier alpha value is -5.57. The Bertz CT molecular complexity index is 2920. The Morgan fingerprint density at radius 1 is 0.457 bits per heavy atom. The lowest BCUT2D eigenvalue weighted by Crippen LogP contribution is -1.97. The van der Waals surface area contributed by atoms with Gasteiger partial charge in [0, 0.05) is 42.6 Å². The predicted octanol–water partition coefficient (Wildman–Crippen LogP) is 12.6. The summed E-state index contributed by atoms with van der Waals surface area (Å²) in [4.78, 5) is 2.23. The molecule has 0 aliphatic carbocycles. The zero-order chi connectivity index (χ0) is 34.5. The molecule has 46 heavy (non-hydrogen) atoms. The van der Waals surface area contributed by atoms with Crippen LogP contribution in [0.15, 0.2) is 173 Å². The molecule has 10 rings (SSSR count). The second-order valence-corrected chi connectivity index (χ2v) is 12.8. The summed E-state index contributed by atoms with van der Waals surface area (Å²) in [5, 5.41) is 6.71. The second kappa shape index (κ2) is 9.97. The first-order valence-corrected chi connectivity index (χ1v) is 16.2. The molecule has 1 aromatic heterocycles. The van der Waals surface area contributed by atoms with Gasteiger partial charge in [0.15, 0.2) is 0 Å². The van der Waals surface area contributed by atoms with Crippen molar-refractivity contribution in [3.63, 3.8) is 0 Å². The zero-order valence-electron chi connectivity index (χ0n) is 29.6. The van der Waals surface area contributed by atoms with Crippen LogP contribution in [0.1, 0.15) is 6.85 Å². The average Bonchev–Trinajstić information content (AvgIpc) is 3.53. The van der Waals surface area contributed by atoms with E-state index in [-0.39, 0.29) is 35.8 Å². The predicted molar refractivity (Wildman–Crippen MR) is 196 cm³/mol. The molecule has 0 saturated heterocycles. The quantitative estimate of drug-likeness (QED) is 0.194. The Labute approximate surface area is 278 Å². The minimum Gasteiger partial charge on any atom is -0.308 e. The Balaban J connectivity index is 1.23. The van der Waals surface area contributed by atoms with Gasteiger partial charge in [0.2, 0.25) is 0 Å². The zero-order valence-corrected chi connectivity index (χ0v) is 25.4. The topological polar surface area (TPSA) is 4.93 Å². The molecule has 0 radical (unpaired) electrons. The lowest BCUT2D eigenvalue weighted by atomic mass is 9.91. The van der Waals surface area contributed by atoms with Gasteiger partial charge in [0.1, 0.15) is 0 Å². The number of para-hydroxylation sites is 2. The molecular weight excluding hydrogens is 575 g/mol. The van der Waals surface area contributed by atoms with Crippen LogP contribution in [0.3, 0.4) is 0 Å². The third kappa shape index (κ3) is 3.71. The fourth-order valence-corrected chi connectivity index (χ4v) is 8.41. The van der Waals surface area contributed by atoms with E-state index < -0.39 is 0 Å². The van der Waals surface area contributed by atoms with E-state index in [1.807, 2.05) is 24.3 Å². The number of aromatic nitrogens is 1. The molecule has 0 atom stereocenters. The molecule has 1 aliphatic heterocycles. The van der Waals surface area contributed by atoms with Crippen LogP contribution in [-0.2, 0) is 0 Å². The highest BCUT2D eigenvalue weighted by Gasteiger charge is 2.23. The molecule has 1 aliphatic rings. The Morgan fingerprint density at radius 2 is 1.20 bits per heavy atom. The van der Waals surface area contributed by atoms with Crippen LogP contribution < -0.4 is 0 Å². The van der Waals surface area contributed by atoms with Gasteiger partial charge in [0.25, 0.3) is 0 Å². The van der Waals surface area contributed by atoms with Gasteiger partial charge < -0.3 is 4.57 Å². The van der Waals surface area contributed by atoms with E-state index in [2.05, 4.69) is 114 Å². The first kappa shape index (κ1) is 21.2. The highest BCUT2D eigenvalue weighted by molar-refractivity contribution is 7.99. The van der Waals surface area contributed by atoms with Crippen molar-refractivity contribution in [1.82, 2.24) is 4.57 Å². The van der Waals surface area contributed by atoms with E-state index in [9.17, 15) is 0 Å². The number of benzene rings is 8. The molecule has 8 aromatic carbocycles. The number of nitrogens with zero attached hydrogens (tertiary/aromatic N) is 1. The molecule has 0 bridgehead atoms. The van der Waals surface area contributed by atoms with Crippen molar-refractivity contribution in [2.24, 2.45) is 0 Å². The van der Waals surface area contributed by atoms with Gasteiger partial charge in [0.05, 0.1) is 17.9 Å². The summed E-state index contributed by atoms with van der Waals surface area (Å²) in [5.74, 6) is 0. The molecule has 2 heterocycles. The van der Waals surface area contributed by atoms with Crippen LogP contribution in [0.2, 0.25) is 0 Å². The van der Waals surface area contributed by atoms with E-state index in [4.69, 9.17) is 6.85 Å². The summed E-state index contributed by atoms with van der Waals surface area (Å²) in [5.41, 5.74) is 8.72. The molecule has 0 N–H and O–H groups in total. The number of hydrogen-bond acceptors (Lipinski definition) is 1. The third-order valence-electron chi connectivity index (χ3n) is 9.26. The Kier molecular flexibility index (Phi) is 4.60. The second-order valence-electron chi connectivity index (χ2n) is 11.7. The summed E-state index contributed by atoms with van der Waals surface area (Å²) in [6.45, 7) is 0. The minimum atomic E-state index is -0.386. The maximum Gasteiger partial charge on any atom is 0.0629 e. The molecule has 0 saturated carbocycles. The van der Waals surface area contributed by atoms with Gasteiger partial charge >= 0.3 is 0 Å². The lowest BCUT2D eigenvalue weighted by Gasteiger charge is -2.23. The number of fused-ring (bicyclic) bond motifs is 7. The highest BCUT2D eigenvalue weighted by atomic mass is 32.2. The maximum absolute atomic E-state index is 8.71. The van der Waals surface area contributed by atoms with Crippen molar-refractivity contribution in [2.45, 2.75) is 9.79 Å². The molecule has 214 valence electrons.